The van der Waals surface area contributed by atoms with E-state index in [2.05, 4.69) is 145 Å². The van der Waals surface area contributed by atoms with Gasteiger partial charge in [0.2, 0.25) is 0 Å². The molecule has 1 aliphatic rings. The van der Waals surface area contributed by atoms with Crippen LogP contribution in [-0.4, -0.2) is 0 Å². The van der Waals surface area contributed by atoms with Crippen LogP contribution in [0.25, 0.3) is 68.3 Å². The van der Waals surface area contributed by atoms with Gasteiger partial charge in [0.1, 0.15) is 11.3 Å². The number of fused-ring (bicyclic) bond motifs is 5. The van der Waals surface area contributed by atoms with Crippen molar-refractivity contribution in [3.63, 3.8) is 0 Å². The van der Waals surface area contributed by atoms with E-state index >= 15 is 0 Å². The molecule has 0 spiro atoms. The van der Waals surface area contributed by atoms with Crippen LogP contribution >= 0.6 is 0 Å². The summed E-state index contributed by atoms with van der Waals surface area (Å²) in [7, 11) is 0. The van der Waals surface area contributed by atoms with E-state index in [0.717, 1.165) is 50.2 Å². The second-order valence-electron chi connectivity index (χ2n) is 10.6. The van der Waals surface area contributed by atoms with Gasteiger partial charge in [-0.2, -0.15) is 0 Å². The zero-order valence-corrected chi connectivity index (χ0v) is 24.0. The Bertz CT molecular complexity index is 2120. The van der Waals surface area contributed by atoms with Gasteiger partial charge in [-0.15, -0.1) is 0 Å². The fourth-order valence-corrected chi connectivity index (χ4v) is 5.70. The third-order valence-corrected chi connectivity index (χ3v) is 7.84. The summed E-state index contributed by atoms with van der Waals surface area (Å²) in [5, 5.41) is 7.02. The standard InChI is InChI=1S/C41H31NO/c1-2-11-36-37-23-22-34(28-41(37)43-40(36)24-18-29-17-19-30-12-6-7-14-32(30)26-29)33-21-20-31-13-5-3-4-10-25-42-39-16-9-8-15-35(39)38(31)27-33/h2-28,42H,1H3/b4-3-,11-2+,13-5-,24-18-,25-10+. The molecule has 5 aromatic carbocycles. The molecule has 0 saturated carbocycles. The lowest BCUT2D eigenvalue weighted by Gasteiger charge is -2.14. The van der Waals surface area contributed by atoms with Gasteiger partial charge < -0.3 is 9.73 Å². The number of hydrogen-bond donors (Lipinski definition) is 1. The Balaban J connectivity index is 1.29. The Morgan fingerprint density at radius 2 is 1.44 bits per heavy atom. The molecule has 1 N–H and O–H groups in total. The van der Waals surface area contributed by atoms with Crippen molar-refractivity contribution in [2.75, 3.05) is 5.32 Å². The number of rotatable bonds is 4. The molecule has 1 aliphatic heterocycles. The first kappa shape index (κ1) is 26.3. The van der Waals surface area contributed by atoms with Crippen molar-refractivity contribution in [3.8, 4) is 22.3 Å². The molecular formula is C41H31NO. The average Bonchev–Trinajstić information content (AvgIpc) is 3.38. The number of anilines is 1. The van der Waals surface area contributed by atoms with Crippen LogP contribution in [0.15, 0.2) is 144 Å². The summed E-state index contributed by atoms with van der Waals surface area (Å²) in [5.41, 5.74) is 9.93. The number of nitrogens with one attached hydrogen (secondary N) is 1. The molecule has 0 atom stereocenters. The van der Waals surface area contributed by atoms with Gasteiger partial charge in [0, 0.05) is 28.4 Å². The lowest BCUT2D eigenvalue weighted by atomic mass is 9.93. The van der Waals surface area contributed by atoms with Crippen molar-refractivity contribution >= 4 is 51.7 Å². The number of hydrogen-bond acceptors (Lipinski definition) is 2. The van der Waals surface area contributed by atoms with Gasteiger partial charge in [-0.3, -0.25) is 0 Å². The van der Waals surface area contributed by atoms with Crippen molar-refractivity contribution in [1.82, 2.24) is 0 Å². The Labute approximate surface area is 252 Å². The Morgan fingerprint density at radius 1 is 0.628 bits per heavy atom. The number of benzene rings is 5. The van der Waals surface area contributed by atoms with Gasteiger partial charge in [0.05, 0.1) is 0 Å². The topological polar surface area (TPSA) is 25.2 Å². The molecule has 7 rings (SSSR count). The summed E-state index contributed by atoms with van der Waals surface area (Å²) in [4.78, 5) is 0. The summed E-state index contributed by atoms with van der Waals surface area (Å²) in [6.45, 7) is 2.04. The minimum Gasteiger partial charge on any atom is -0.456 e. The maximum absolute atomic E-state index is 6.50. The van der Waals surface area contributed by atoms with Crippen LogP contribution in [0.3, 0.4) is 0 Å². The predicted molar refractivity (Wildman–Crippen MR) is 186 cm³/mol. The maximum Gasteiger partial charge on any atom is 0.136 e. The molecule has 0 unspecified atom stereocenters. The van der Waals surface area contributed by atoms with Gasteiger partial charge in [0.15, 0.2) is 0 Å². The molecule has 6 aromatic rings. The first-order chi connectivity index (χ1) is 21.3. The van der Waals surface area contributed by atoms with Crippen LogP contribution in [0.2, 0.25) is 0 Å². The van der Waals surface area contributed by atoms with Gasteiger partial charge in [0.25, 0.3) is 0 Å². The third kappa shape index (κ3) is 5.39. The fourth-order valence-electron chi connectivity index (χ4n) is 5.70. The molecule has 0 saturated heterocycles. The summed E-state index contributed by atoms with van der Waals surface area (Å²) in [6, 6.07) is 36.6. The summed E-state index contributed by atoms with van der Waals surface area (Å²) in [6.07, 6.45) is 20.7. The molecule has 0 amide bonds. The first-order valence-electron chi connectivity index (χ1n) is 14.6. The molecule has 2 heterocycles. The monoisotopic (exact) mass is 553 g/mol. The summed E-state index contributed by atoms with van der Waals surface area (Å²) < 4.78 is 6.50. The van der Waals surface area contributed by atoms with Crippen LogP contribution < -0.4 is 5.32 Å². The molecular weight excluding hydrogens is 522 g/mol. The first-order valence-corrected chi connectivity index (χ1v) is 14.6. The Kier molecular flexibility index (Phi) is 7.17. The highest BCUT2D eigenvalue weighted by Gasteiger charge is 2.14. The lowest BCUT2D eigenvalue weighted by molar-refractivity contribution is 0.604. The lowest BCUT2D eigenvalue weighted by Crippen LogP contribution is -1.93. The van der Waals surface area contributed by atoms with E-state index in [1.165, 1.54) is 21.9 Å². The Morgan fingerprint density at radius 3 is 2.37 bits per heavy atom. The van der Waals surface area contributed by atoms with E-state index in [1.807, 2.05) is 31.4 Å². The zero-order chi connectivity index (χ0) is 29.0. The summed E-state index contributed by atoms with van der Waals surface area (Å²) in [5.74, 6) is 0.853. The third-order valence-electron chi connectivity index (χ3n) is 7.84. The van der Waals surface area contributed by atoms with Gasteiger partial charge in [-0.25, -0.2) is 0 Å². The van der Waals surface area contributed by atoms with Crippen molar-refractivity contribution < 1.29 is 4.42 Å². The molecule has 2 heteroatoms. The van der Waals surface area contributed by atoms with E-state index in [4.69, 9.17) is 4.42 Å². The van der Waals surface area contributed by atoms with Gasteiger partial charge in [-0.05, 0) is 88.0 Å². The van der Waals surface area contributed by atoms with E-state index < -0.39 is 0 Å². The maximum atomic E-state index is 6.50. The molecule has 43 heavy (non-hydrogen) atoms. The zero-order valence-electron chi connectivity index (χ0n) is 24.0. The smallest absolute Gasteiger partial charge is 0.136 e. The fraction of sp³-hybridized carbons (Fsp3) is 0.0244. The number of para-hydroxylation sites is 1. The van der Waals surface area contributed by atoms with E-state index in [0.29, 0.717) is 0 Å². The van der Waals surface area contributed by atoms with Gasteiger partial charge >= 0.3 is 0 Å². The highest BCUT2D eigenvalue weighted by Crippen LogP contribution is 2.37. The average molecular weight is 554 g/mol. The second-order valence-corrected chi connectivity index (χ2v) is 10.6. The van der Waals surface area contributed by atoms with Crippen molar-refractivity contribution in [2.24, 2.45) is 0 Å². The second kappa shape index (κ2) is 11.7. The highest BCUT2D eigenvalue weighted by atomic mass is 16.3. The minimum absolute atomic E-state index is 0.853. The molecule has 0 fully saturated rings. The molecule has 206 valence electrons. The van der Waals surface area contributed by atoms with Crippen LogP contribution in [0.4, 0.5) is 5.69 Å². The van der Waals surface area contributed by atoms with Crippen LogP contribution in [0, 0.1) is 0 Å². The van der Waals surface area contributed by atoms with Crippen molar-refractivity contribution in [1.29, 1.82) is 0 Å². The molecule has 0 bridgehead atoms. The predicted octanol–water partition coefficient (Wildman–Crippen LogP) is 11.6. The minimum atomic E-state index is 0.853. The van der Waals surface area contributed by atoms with Gasteiger partial charge in [-0.1, -0.05) is 115 Å². The molecule has 0 radical (unpaired) electrons. The number of allylic oxidation sites excluding steroid dienone is 5. The Hall–Kier alpha value is -5.60. The van der Waals surface area contributed by atoms with E-state index in [1.54, 1.807) is 0 Å². The molecule has 0 aliphatic carbocycles. The van der Waals surface area contributed by atoms with Crippen molar-refractivity contribution in [2.45, 2.75) is 6.92 Å². The largest absolute Gasteiger partial charge is 0.456 e. The van der Waals surface area contributed by atoms with Crippen molar-refractivity contribution in [3.05, 3.63) is 162 Å². The van der Waals surface area contributed by atoms with Crippen LogP contribution in [0.1, 0.15) is 29.4 Å². The highest BCUT2D eigenvalue weighted by molar-refractivity contribution is 5.96. The normalized spacial score (nSPS) is 15.2. The van der Waals surface area contributed by atoms with Crippen LogP contribution in [-0.2, 0) is 0 Å². The molecule has 1 aromatic heterocycles. The quantitative estimate of drug-likeness (QED) is 0.235. The van der Waals surface area contributed by atoms with Crippen LogP contribution in [0.5, 0.6) is 0 Å². The molecule has 2 nitrogen and oxygen atoms in total. The van der Waals surface area contributed by atoms with E-state index in [9.17, 15) is 0 Å². The van der Waals surface area contributed by atoms with E-state index in [-0.39, 0.29) is 0 Å². The SMILES string of the molecule is C/C=C/c1c(/C=C\c2ccc3ccccc3c2)oc2cc(-c3ccc4c(c3)-c3ccccc3N/C=C/C=C\C=C/4)ccc12. The summed E-state index contributed by atoms with van der Waals surface area (Å²) >= 11 is 0. The number of furan rings is 1.